The van der Waals surface area contributed by atoms with E-state index in [0.29, 0.717) is 12.1 Å². The molecular formula is C17H25BrN2O. The molecule has 1 aromatic carbocycles. The Bertz CT molecular complexity index is 490. The van der Waals surface area contributed by atoms with E-state index in [4.69, 9.17) is 10.5 Å². The molecule has 0 radical (unpaired) electrons. The Kier molecular flexibility index (Phi) is 4.87. The summed E-state index contributed by atoms with van der Waals surface area (Å²) in [6.45, 7) is 3.91. The Morgan fingerprint density at radius 3 is 3.00 bits per heavy atom. The summed E-state index contributed by atoms with van der Waals surface area (Å²) in [5.41, 5.74) is 8.75. The molecule has 0 bridgehead atoms. The summed E-state index contributed by atoms with van der Waals surface area (Å²) in [7, 11) is 0. The van der Waals surface area contributed by atoms with Gasteiger partial charge in [0, 0.05) is 22.7 Å². The molecule has 0 amide bonds. The third kappa shape index (κ3) is 3.43. The zero-order chi connectivity index (χ0) is 14.8. The van der Waals surface area contributed by atoms with E-state index >= 15 is 0 Å². The summed E-state index contributed by atoms with van der Waals surface area (Å²) in [5.74, 6) is 0. The van der Waals surface area contributed by atoms with Crippen molar-refractivity contribution in [1.82, 2.24) is 0 Å². The lowest BCUT2D eigenvalue weighted by Crippen LogP contribution is -2.53. The van der Waals surface area contributed by atoms with Crippen molar-refractivity contribution in [2.45, 2.75) is 57.2 Å². The van der Waals surface area contributed by atoms with Gasteiger partial charge in [-0.2, -0.15) is 0 Å². The molecule has 1 saturated carbocycles. The Hall–Kier alpha value is -0.580. The fourth-order valence-electron chi connectivity index (χ4n) is 3.72. The van der Waals surface area contributed by atoms with E-state index < -0.39 is 0 Å². The average Bonchev–Trinajstić information content (AvgIpc) is 2.48. The highest BCUT2D eigenvalue weighted by Crippen LogP contribution is 2.35. The van der Waals surface area contributed by atoms with Crippen LogP contribution in [0.5, 0.6) is 0 Å². The standard InChI is InChI=1S/C17H25BrN2O/c1-12(19)10-13-6-7-14(18)11-16(13)20-8-9-21-17-5-3-2-4-15(17)20/h6-7,11-12,15,17H,2-5,8-10,19H2,1H3. The fourth-order valence-corrected chi connectivity index (χ4v) is 4.07. The van der Waals surface area contributed by atoms with Crippen molar-refractivity contribution in [2.75, 3.05) is 18.1 Å². The predicted octanol–water partition coefficient (Wildman–Crippen LogP) is 3.49. The molecule has 2 fully saturated rings. The van der Waals surface area contributed by atoms with Crippen molar-refractivity contribution in [2.24, 2.45) is 5.73 Å². The second-order valence-corrected chi connectivity index (χ2v) is 7.32. The molecule has 0 aromatic heterocycles. The topological polar surface area (TPSA) is 38.5 Å². The van der Waals surface area contributed by atoms with E-state index in [0.717, 1.165) is 24.0 Å². The van der Waals surface area contributed by atoms with Crippen molar-refractivity contribution < 1.29 is 4.74 Å². The Morgan fingerprint density at radius 1 is 1.38 bits per heavy atom. The van der Waals surface area contributed by atoms with E-state index in [-0.39, 0.29) is 6.04 Å². The number of halogens is 1. The Morgan fingerprint density at radius 2 is 2.19 bits per heavy atom. The zero-order valence-electron chi connectivity index (χ0n) is 12.7. The SMILES string of the molecule is CC(N)Cc1ccc(Br)cc1N1CCOC2CCCCC21. The summed E-state index contributed by atoms with van der Waals surface area (Å²) in [4.78, 5) is 2.58. The Balaban J connectivity index is 1.91. The maximum atomic E-state index is 6.04. The van der Waals surface area contributed by atoms with Crippen LogP contribution in [-0.2, 0) is 11.2 Å². The minimum Gasteiger partial charge on any atom is -0.374 e. The first kappa shape index (κ1) is 15.3. The Labute approximate surface area is 136 Å². The molecule has 1 aliphatic carbocycles. The molecule has 21 heavy (non-hydrogen) atoms. The minimum absolute atomic E-state index is 0.188. The van der Waals surface area contributed by atoms with Gasteiger partial charge in [-0.25, -0.2) is 0 Å². The highest BCUT2D eigenvalue weighted by atomic mass is 79.9. The van der Waals surface area contributed by atoms with E-state index in [1.165, 1.54) is 36.9 Å². The smallest absolute Gasteiger partial charge is 0.0779 e. The normalized spacial score (nSPS) is 27.3. The lowest BCUT2D eigenvalue weighted by atomic mass is 9.89. The molecule has 1 aliphatic heterocycles. The van der Waals surface area contributed by atoms with Crippen molar-refractivity contribution in [3.05, 3.63) is 28.2 Å². The van der Waals surface area contributed by atoms with Crippen LogP contribution in [0.2, 0.25) is 0 Å². The van der Waals surface area contributed by atoms with Crippen LogP contribution < -0.4 is 10.6 Å². The molecule has 3 unspecified atom stereocenters. The number of morpholine rings is 1. The van der Waals surface area contributed by atoms with Crippen LogP contribution in [0.25, 0.3) is 0 Å². The highest BCUT2D eigenvalue weighted by Gasteiger charge is 2.35. The average molecular weight is 353 g/mol. The number of benzene rings is 1. The summed E-state index contributed by atoms with van der Waals surface area (Å²) < 4.78 is 7.15. The number of fused-ring (bicyclic) bond motifs is 1. The molecule has 1 aromatic rings. The maximum absolute atomic E-state index is 6.04. The van der Waals surface area contributed by atoms with Crippen LogP contribution in [0.15, 0.2) is 22.7 Å². The number of nitrogens with two attached hydrogens (primary N) is 1. The van der Waals surface area contributed by atoms with Gasteiger partial charge in [0.25, 0.3) is 0 Å². The summed E-state index contributed by atoms with van der Waals surface area (Å²) >= 11 is 3.63. The first-order valence-electron chi connectivity index (χ1n) is 8.07. The number of hydrogen-bond acceptors (Lipinski definition) is 3. The summed E-state index contributed by atoms with van der Waals surface area (Å²) in [5, 5.41) is 0. The lowest BCUT2D eigenvalue weighted by Gasteiger charge is -2.45. The molecule has 116 valence electrons. The van der Waals surface area contributed by atoms with Gasteiger partial charge in [0.05, 0.1) is 18.8 Å². The quantitative estimate of drug-likeness (QED) is 0.904. The number of anilines is 1. The minimum atomic E-state index is 0.188. The zero-order valence-corrected chi connectivity index (χ0v) is 14.3. The molecule has 2 aliphatic rings. The maximum Gasteiger partial charge on any atom is 0.0779 e. The molecular weight excluding hydrogens is 328 g/mol. The number of rotatable bonds is 3. The van der Waals surface area contributed by atoms with Crippen molar-refractivity contribution in [3.8, 4) is 0 Å². The number of ether oxygens (including phenoxy) is 1. The van der Waals surface area contributed by atoms with Gasteiger partial charge < -0.3 is 15.4 Å². The van der Waals surface area contributed by atoms with E-state index in [1.54, 1.807) is 0 Å². The monoisotopic (exact) mass is 352 g/mol. The predicted molar refractivity (Wildman–Crippen MR) is 90.8 cm³/mol. The summed E-state index contributed by atoms with van der Waals surface area (Å²) in [6.07, 6.45) is 6.41. The van der Waals surface area contributed by atoms with Gasteiger partial charge in [0.15, 0.2) is 0 Å². The lowest BCUT2D eigenvalue weighted by molar-refractivity contribution is -0.00874. The highest BCUT2D eigenvalue weighted by molar-refractivity contribution is 9.10. The van der Waals surface area contributed by atoms with Gasteiger partial charge >= 0.3 is 0 Å². The van der Waals surface area contributed by atoms with Crippen LogP contribution in [0.4, 0.5) is 5.69 Å². The van der Waals surface area contributed by atoms with Gasteiger partial charge in [-0.15, -0.1) is 0 Å². The van der Waals surface area contributed by atoms with Crippen molar-refractivity contribution in [1.29, 1.82) is 0 Å². The second kappa shape index (κ2) is 6.67. The van der Waals surface area contributed by atoms with Crippen molar-refractivity contribution >= 4 is 21.6 Å². The molecule has 4 heteroatoms. The van der Waals surface area contributed by atoms with E-state index in [1.807, 2.05) is 0 Å². The molecule has 1 saturated heterocycles. The molecule has 0 spiro atoms. The van der Waals surface area contributed by atoms with Crippen molar-refractivity contribution in [3.63, 3.8) is 0 Å². The molecule has 3 atom stereocenters. The number of nitrogens with zero attached hydrogens (tertiary/aromatic N) is 1. The molecule has 2 N–H and O–H groups in total. The van der Waals surface area contributed by atoms with Gasteiger partial charge in [0.1, 0.15) is 0 Å². The van der Waals surface area contributed by atoms with Crippen LogP contribution >= 0.6 is 15.9 Å². The van der Waals surface area contributed by atoms with Crippen LogP contribution in [0.3, 0.4) is 0 Å². The van der Waals surface area contributed by atoms with Gasteiger partial charge in [0.2, 0.25) is 0 Å². The molecule has 3 nitrogen and oxygen atoms in total. The first-order valence-corrected chi connectivity index (χ1v) is 8.86. The van der Waals surface area contributed by atoms with Crippen LogP contribution in [0.1, 0.15) is 38.2 Å². The first-order chi connectivity index (χ1) is 10.1. The van der Waals surface area contributed by atoms with Crippen LogP contribution in [0, 0.1) is 0 Å². The molecule has 3 rings (SSSR count). The van der Waals surface area contributed by atoms with Gasteiger partial charge in [-0.1, -0.05) is 34.8 Å². The fraction of sp³-hybridized carbons (Fsp3) is 0.647. The summed E-state index contributed by atoms with van der Waals surface area (Å²) in [6, 6.07) is 7.33. The molecule has 1 heterocycles. The van der Waals surface area contributed by atoms with Gasteiger partial charge in [-0.05, 0) is 43.9 Å². The third-order valence-electron chi connectivity index (χ3n) is 4.63. The van der Waals surface area contributed by atoms with Crippen LogP contribution in [-0.4, -0.2) is 31.3 Å². The largest absolute Gasteiger partial charge is 0.374 e. The van der Waals surface area contributed by atoms with E-state index in [9.17, 15) is 0 Å². The third-order valence-corrected chi connectivity index (χ3v) is 5.12. The second-order valence-electron chi connectivity index (χ2n) is 6.41. The van der Waals surface area contributed by atoms with Gasteiger partial charge in [-0.3, -0.25) is 0 Å². The number of hydrogen-bond donors (Lipinski definition) is 1. The van der Waals surface area contributed by atoms with E-state index in [2.05, 4.69) is 46.0 Å².